The molecular weight excluding hydrogens is 272 g/mol. The fourth-order valence-electron chi connectivity index (χ4n) is 3.09. The van der Waals surface area contributed by atoms with Crippen molar-refractivity contribution in [2.75, 3.05) is 7.11 Å². The van der Waals surface area contributed by atoms with Crippen LogP contribution in [0, 0.1) is 11.8 Å². The quantitative estimate of drug-likeness (QED) is 0.372. The number of rotatable bonds is 9. The molecule has 0 N–H and O–H groups in total. The van der Waals surface area contributed by atoms with Crippen LogP contribution in [0.2, 0.25) is 0 Å². The van der Waals surface area contributed by atoms with Crippen molar-refractivity contribution < 1.29 is 23.9 Å². The highest BCUT2D eigenvalue weighted by atomic mass is 16.5. The summed E-state index contributed by atoms with van der Waals surface area (Å²) < 4.78 is 9.91. The van der Waals surface area contributed by atoms with E-state index in [2.05, 4.69) is 4.74 Å². The minimum atomic E-state index is -0.269. The van der Waals surface area contributed by atoms with Crippen molar-refractivity contribution in [1.29, 1.82) is 0 Å². The summed E-state index contributed by atoms with van der Waals surface area (Å²) >= 11 is 0. The van der Waals surface area contributed by atoms with Crippen LogP contribution in [0.4, 0.5) is 0 Å². The lowest BCUT2D eigenvalue weighted by Crippen LogP contribution is -2.25. The zero-order chi connectivity index (χ0) is 15.7. The first kappa shape index (κ1) is 17.7. The zero-order valence-electron chi connectivity index (χ0n) is 13.0. The van der Waals surface area contributed by atoms with E-state index in [0.29, 0.717) is 6.42 Å². The van der Waals surface area contributed by atoms with Gasteiger partial charge in [-0.2, -0.15) is 0 Å². The molecule has 1 aliphatic rings. The summed E-state index contributed by atoms with van der Waals surface area (Å²) in [5.41, 5.74) is 0. The Morgan fingerprint density at radius 2 is 1.86 bits per heavy atom. The minimum Gasteiger partial charge on any atom is -0.469 e. The summed E-state index contributed by atoms with van der Waals surface area (Å²) in [6, 6.07) is 0. The van der Waals surface area contributed by atoms with Crippen LogP contribution in [-0.4, -0.2) is 31.4 Å². The van der Waals surface area contributed by atoms with Gasteiger partial charge in [0.05, 0.1) is 7.11 Å². The van der Waals surface area contributed by atoms with Crippen molar-refractivity contribution in [2.24, 2.45) is 11.8 Å². The third-order valence-electron chi connectivity index (χ3n) is 4.20. The van der Waals surface area contributed by atoms with Crippen LogP contribution in [0.1, 0.15) is 58.3 Å². The predicted octanol–water partition coefficient (Wildman–Crippen LogP) is 2.66. The molecule has 0 radical (unpaired) electrons. The third kappa shape index (κ3) is 6.27. The van der Waals surface area contributed by atoms with E-state index in [1.165, 1.54) is 14.0 Å². The Balaban J connectivity index is 2.25. The Labute approximate surface area is 126 Å². The Kier molecular flexibility index (Phi) is 8.01. The molecule has 3 unspecified atom stereocenters. The SMILES string of the molecule is COC(=O)CCCCCCC1C(C=O)CCC1OC(C)=O. The number of carbonyl (C=O) groups excluding carboxylic acids is 3. The van der Waals surface area contributed by atoms with Crippen LogP contribution in [0.5, 0.6) is 0 Å². The van der Waals surface area contributed by atoms with Gasteiger partial charge in [-0.3, -0.25) is 9.59 Å². The fraction of sp³-hybridized carbons (Fsp3) is 0.812. The Hall–Kier alpha value is -1.39. The van der Waals surface area contributed by atoms with E-state index in [1.807, 2.05) is 0 Å². The van der Waals surface area contributed by atoms with Crippen molar-refractivity contribution in [2.45, 2.75) is 64.4 Å². The average molecular weight is 298 g/mol. The Morgan fingerprint density at radius 3 is 2.48 bits per heavy atom. The van der Waals surface area contributed by atoms with Gasteiger partial charge in [0.2, 0.25) is 0 Å². The lowest BCUT2D eigenvalue weighted by Gasteiger charge is -2.21. The van der Waals surface area contributed by atoms with Crippen LogP contribution >= 0.6 is 0 Å². The molecule has 0 aromatic heterocycles. The molecule has 0 amide bonds. The number of hydrogen-bond acceptors (Lipinski definition) is 5. The first-order valence-corrected chi connectivity index (χ1v) is 7.77. The Bertz CT molecular complexity index is 353. The second-order valence-electron chi connectivity index (χ2n) is 5.72. The van der Waals surface area contributed by atoms with Crippen LogP contribution < -0.4 is 0 Å². The molecule has 0 aromatic rings. The van der Waals surface area contributed by atoms with Gasteiger partial charge in [0.1, 0.15) is 12.4 Å². The second kappa shape index (κ2) is 9.53. The van der Waals surface area contributed by atoms with E-state index < -0.39 is 0 Å². The standard InChI is InChI=1S/C16H26O5/c1-12(18)21-15-10-9-13(11-17)14(15)7-5-3-4-6-8-16(19)20-2/h11,13-15H,3-10H2,1-2H3. The van der Waals surface area contributed by atoms with Gasteiger partial charge < -0.3 is 14.3 Å². The molecule has 0 spiro atoms. The minimum absolute atomic E-state index is 0.0180. The first-order chi connectivity index (χ1) is 10.1. The van der Waals surface area contributed by atoms with Gasteiger partial charge in [0, 0.05) is 25.2 Å². The normalized spacial score (nSPS) is 24.6. The van der Waals surface area contributed by atoms with Crippen LogP contribution in [-0.2, 0) is 23.9 Å². The summed E-state index contributed by atoms with van der Waals surface area (Å²) in [6.45, 7) is 1.41. The average Bonchev–Trinajstić information content (AvgIpc) is 2.83. The highest BCUT2D eigenvalue weighted by molar-refractivity contribution is 5.69. The molecule has 3 atom stereocenters. The molecule has 0 aromatic carbocycles. The molecule has 1 fully saturated rings. The summed E-state index contributed by atoms with van der Waals surface area (Å²) in [5, 5.41) is 0. The van der Waals surface area contributed by atoms with Crippen molar-refractivity contribution >= 4 is 18.2 Å². The molecule has 0 aliphatic heterocycles. The van der Waals surface area contributed by atoms with Gasteiger partial charge in [0.25, 0.3) is 0 Å². The number of aldehydes is 1. The summed E-state index contributed by atoms with van der Waals surface area (Å²) in [5.74, 6) is -0.257. The molecule has 0 saturated heterocycles. The number of carbonyl (C=O) groups is 3. The van der Waals surface area contributed by atoms with Crippen molar-refractivity contribution in [3.8, 4) is 0 Å². The Morgan fingerprint density at radius 1 is 1.14 bits per heavy atom. The van der Waals surface area contributed by atoms with E-state index in [4.69, 9.17) is 4.74 Å². The topological polar surface area (TPSA) is 69.7 Å². The van der Waals surface area contributed by atoms with Crippen LogP contribution in [0.15, 0.2) is 0 Å². The molecule has 0 heterocycles. The highest BCUT2D eigenvalue weighted by Crippen LogP contribution is 2.36. The molecule has 1 aliphatic carbocycles. The third-order valence-corrected chi connectivity index (χ3v) is 4.20. The lowest BCUT2D eigenvalue weighted by atomic mass is 9.90. The molecule has 21 heavy (non-hydrogen) atoms. The van der Waals surface area contributed by atoms with E-state index >= 15 is 0 Å². The number of ether oxygens (including phenoxy) is 2. The highest BCUT2D eigenvalue weighted by Gasteiger charge is 2.37. The molecule has 5 nitrogen and oxygen atoms in total. The summed E-state index contributed by atoms with van der Waals surface area (Å²) in [7, 11) is 1.40. The number of methoxy groups -OCH3 is 1. The molecule has 0 bridgehead atoms. The summed E-state index contributed by atoms with van der Waals surface area (Å²) in [4.78, 5) is 33.2. The maximum atomic E-state index is 11.1. The van der Waals surface area contributed by atoms with Gasteiger partial charge in [-0.1, -0.05) is 19.3 Å². The largest absolute Gasteiger partial charge is 0.469 e. The summed E-state index contributed by atoms with van der Waals surface area (Å²) in [6.07, 6.45) is 7.70. The first-order valence-electron chi connectivity index (χ1n) is 7.77. The maximum Gasteiger partial charge on any atom is 0.305 e. The monoisotopic (exact) mass is 298 g/mol. The van der Waals surface area contributed by atoms with Gasteiger partial charge in [-0.05, 0) is 25.7 Å². The van der Waals surface area contributed by atoms with Crippen molar-refractivity contribution in [3.63, 3.8) is 0 Å². The van der Waals surface area contributed by atoms with E-state index in [0.717, 1.165) is 51.2 Å². The van der Waals surface area contributed by atoms with Crippen LogP contribution in [0.25, 0.3) is 0 Å². The van der Waals surface area contributed by atoms with E-state index in [9.17, 15) is 14.4 Å². The van der Waals surface area contributed by atoms with E-state index in [1.54, 1.807) is 0 Å². The van der Waals surface area contributed by atoms with E-state index in [-0.39, 0.29) is 29.9 Å². The van der Waals surface area contributed by atoms with Gasteiger partial charge in [-0.15, -0.1) is 0 Å². The fourth-order valence-corrected chi connectivity index (χ4v) is 3.09. The molecule has 120 valence electrons. The smallest absolute Gasteiger partial charge is 0.305 e. The van der Waals surface area contributed by atoms with Gasteiger partial charge in [-0.25, -0.2) is 0 Å². The zero-order valence-corrected chi connectivity index (χ0v) is 13.0. The maximum absolute atomic E-state index is 11.1. The van der Waals surface area contributed by atoms with Crippen molar-refractivity contribution in [3.05, 3.63) is 0 Å². The molecule has 1 saturated carbocycles. The molecule has 5 heteroatoms. The lowest BCUT2D eigenvalue weighted by molar-refractivity contribution is -0.149. The predicted molar refractivity (Wildman–Crippen MR) is 77.6 cm³/mol. The second-order valence-corrected chi connectivity index (χ2v) is 5.72. The van der Waals surface area contributed by atoms with Crippen LogP contribution in [0.3, 0.4) is 0 Å². The number of esters is 2. The molecule has 1 rings (SSSR count). The van der Waals surface area contributed by atoms with Gasteiger partial charge >= 0.3 is 11.9 Å². The van der Waals surface area contributed by atoms with Gasteiger partial charge in [0.15, 0.2) is 0 Å². The number of unbranched alkanes of at least 4 members (excludes halogenated alkanes) is 3. The van der Waals surface area contributed by atoms with Crippen molar-refractivity contribution in [1.82, 2.24) is 0 Å². The molecular formula is C16H26O5. The number of hydrogen-bond donors (Lipinski definition) is 0.